The van der Waals surface area contributed by atoms with Gasteiger partial charge in [-0.05, 0) is 72.1 Å². The quantitative estimate of drug-likeness (QED) is 0.0907. The Morgan fingerprint density at radius 3 is 1.91 bits per heavy atom. The van der Waals surface area contributed by atoms with Crippen LogP contribution in [0.4, 0.5) is 0 Å². The fourth-order valence-corrected chi connectivity index (χ4v) is 4.75. The summed E-state index contributed by atoms with van der Waals surface area (Å²) < 4.78 is 29.4. The molecule has 0 bridgehead atoms. The predicted octanol–water partition coefficient (Wildman–Crippen LogP) is 8.25. The summed E-state index contributed by atoms with van der Waals surface area (Å²) in [4.78, 5) is 12.9. The largest absolute Gasteiger partial charge is 0.493 e. The number of nitrogens with one attached hydrogen (secondary N) is 1. The summed E-state index contributed by atoms with van der Waals surface area (Å²) in [6, 6.07) is 35.6. The van der Waals surface area contributed by atoms with Crippen LogP contribution in [0.3, 0.4) is 0 Å². The zero-order chi connectivity index (χ0) is 32.8. The summed E-state index contributed by atoms with van der Waals surface area (Å²) in [7, 11) is 1.52. The van der Waals surface area contributed by atoms with Gasteiger partial charge in [0.2, 0.25) is 0 Å². The average molecular weight is 651 g/mol. The number of hydrazone groups is 1. The minimum atomic E-state index is -0.420. The van der Waals surface area contributed by atoms with Crippen molar-refractivity contribution in [3.05, 3.63) is 148 Å². The molecule has 0 heterocycles. The summed E-state index contributed by atoms with van der Waals surface area (Å²) in [6.07, 6.45) is 1.49. The van der Waals surface area contributed by atoms with Crippen molar-refractivity contribution in [3.63, 3.8) is 0 Å². The molecule has 0 radical (unpaired) electrons. The number of amides is 1. The highest BCUT2D eigenvalue weighted by Gasteiger charge is 2.12. The van der Waals surface area contributed by atoms with Gasteiger partial charge in [0.1, 0.15) is 25.6 Å². The van der Waals surface area contributed by atoms with Crippen LogP contribution in [0.1, 0.15) is 39.5 Å². The Morgan fingerprint density at radius 1 is 0.660 bits per heavy atom. The minimum Gasteiger partial charge on any atom is -0.493 e. The monoisotopic (exact) mass is 650 g/mol. The number of methoxy groups -OCH3 is 1. The Hall–Kier alpha value is -5.47. The van der Waals surface area contributed by atoms with Gasteiger partial charge in [0.25, 0.3) is 5.91 Å². The first-order chi connectivity index (χ1) is 23.0. The van der Waals surface area contributed by atoms with Gasteiger partial charge in [0, 0.05) is 16.1 Å². The Labute approximate surface area is 279 Å². The molecule has 5 aromatic rings. The van der Waals surface area contributed by atoms with Gasteiger partial charge in [-0.15, -0.1) is 0 Å². The van der Waals surface area contributed by atoms with E-state index in [-0.39, 0.29) is 6.61 Å². The third kappa shape index (κ3) is 9.51. The molecule has 8 nitrogen and oxygen atoms in total. The molecule has 9 heteroatoms. The fourth-order valence-electron chi connectivity index (χ4n) is 4.57. The van der Waals surface area contributed by atoms with Gasteiger partial charge in [-0.1, -0.05) is 78.3 Å². The van der Waals surface area contributed by atoms with Crippen molar-refractivity contribution in [1.82, 2.24) is 5.43 Å². The molecule has 5 rings (SSSR count). The van der Waals surface area contributed by atoms with E-state index in [9.17, 15) is 4.79 Å². The molecular formula is C38H35ClN2O6. The van der Waals surface area contributed by atoms with E-state index in [1.165, 1.54) is 13.3 Å². The molecule has 47 heavy (non-hydrogen) atoms. The van der Waals surface area contributed by atoms with Crippen LogP contribution < -0.4 is 29.1 Å². The van der Waals surface area contributed by atoms with Gasteiger partial charge in [0.15, 0.2) is 23.0 Å². The third-order valence-electron chi connectivity index (χ3n) is 6.94. The smallest absolute Gasteiger partial charge is 0.271 e. The van der Waals surface area contributed by atoms with Crippen LogP contribution >= 0.6 is 11.6 Å². The number of hydrogen-bond donors (Lipinski definition) is 1. The van der Waals surface area contributed by atoms with E-state index in [4.69, 9.17) is 35.3 Å². The second-order valence-corrected chi connectivity index (χ2v) is 10.7. The maximum atomic E-state index is 12.9. The highest BCUT2D eigenvalue weighted by Crippen LogP contribution is 2.31. The molecule has 0 spiro atoms. The zero-order valence-corrected chi connectivity index (χ0v) is 26.9. The number of rotatable bonds is 15. The number of benzene rings is 5. The second kappa shape index (κ2) is 16.7. The molecule has 1 N–H and O–H groups in total. The highest BCUT2D eigenvalue weighted by atomic mass is 35.5. The van der Waals surface area contributed by atoms with Gasteiger partial charge >= 0.3 is 0 Å². The number of carbonyl (C=O) groups excluding carboxylic acids is 1. The lowest BCUT2D eigenvalue weighted by Gasteiger charge is -2.14. The summed E-state index contributed by atoms with van der Waals surface area (Å²) in [5.74, 6) is 2.37. The van der Waals surface area contributed by atoms with E-state index < -0.39 is 5.91 Å². The number of nitrogens with zero attached hydrogens (tertiary/aromatic N) is 1. The summed E-state index contributed by atoms with van der Waals surface area (Å²) in [6.45, 7) is 3.48. The van der Waals surface area contributed by atoms with Crippen molar-refractivity contribution < 1.29 is 28.5 Å². The van der Waals surface area contributed by atoms with Crippen LogP contribution in [0, 0.1) is 0 Å². The molecule has 0 saturated carbocycles. The normalized spacial score (nSPS) is 10.8. The van der Waals surface area contributed by atoms with Crippen LogP contribution in [-0.2, 0) is 19.8 Å². The molecule has 240 valence electrons. The van der Waals surface area contributed by atoms with Gasteiger partial charge in [0.05, 0.1) is 19.9 Å². The summed E-state index contributed by atoms with van der Waals surface area (Å²) in [5, 5.41) is 4.65. The first-order valence-electron chi connectivity index (χ1n) is 15.1. The zero-order valence-electron chi connectivity index (χ0n) is 26.2. The Morgan fingerprint density at radius 2 is 1.26 bits per heavy atom. The van der Waals surface area contributed by atoms with Crippen LogP contribution in [0.15, 0.2) is 120 Å². The predicted molar refractivity (Wildman–Crippen MR) is 183 cm³/mol. The third-order valence-corrected chi connectivity index (χ3v) is 7.18. The molecule has 5 aromatic carbocycles. The number of carbonyl (C=O) groups is 1. The van der Waals surface area contributed by atoms with Gasteiger partial charge < -0.3 is 23.7 Å². The van der Waals surface area contributed by atoms with E-state index >= 15 is 0 Å². The van der Waals surface area contributed by atoms with Crippen molar-refractivity contribution >= 4 is 23.7 Å². The van der Waals surface area contributed by atoms with Crippen LogP contribution in [0.25, 0.3) is 0 Å². The standard InChI is InChI=1S/C38H35ClN2O6/c1-3-44-37-20-29(14-17-35(37)47-25-28-12-8-5-9-13-28)26-45-33-19-16-32(39)21-31(33)23-40-41-38(42)30-15-18-34(36(22-30)43-2)46-24-27-10-6-4-7-11-27/h4-23H,3,24-26H2,1-2H3,(H,41,42)/b40-23+. The summed E-state index contributed by atoms with van der Waals surface area (Å²) in [5.41, 5.74) is 6.47. The van der Waals surface area contributed by atoms with E-state index in [1.807, 2.05) is 85.8 Å². The molecule has 0 aliphatic carbocycles. The second-order valence-electron chi connectivity index (χ2n) is 10.3. The van der Waals surface area contributed by atoms with Crippen molar-refractivity contribution in [2.75, 3.05) is 13.7 Å². The first kappa shape index (κ1) is 32.9. The SMILES string of the molecule is CCOc1cc(COc2ccc(Cl)cc2/C=N/NC(=O)c2ccc(OCc3ccccc3)c(OC)c2)ccc1OCc1ccccc1. The molecule has 0 saturated heterocycles. The first-order valence-corrected chi connectivity index (χ1v) is 15.4. The van der Waals surface area contributed by atoms with Crippen LogP contribution in [-0.4, -0.2) is 25.8 Å². The maximum absolute atomic E-state index is 12.9. The van der Waals surface area contributed by atoms with Crippen LogP contribution in [0.5, 0.6) is 28.7 Å². The van der Waals surface area contributed by atoms with E-state index in [1.54, 1.807) is 36.4 Å². The minimum absolute atomic E-state index is 0.256. The topological polar surface area (TPSA) is 87.6 Å². The van der Waals surface area contributed by atoms with E-state index in [2.05, 4.69) is 10.5 Å². The van der Waals surface area contributed by atoms with Crippen molar-refractivity contribution in [3.8, 4) is 28.7 Å². The van der Waals surface area contributed by atoms with Crippen LogP contribution in [0.2, 0.25) is 5.02 Å². The molecule has 0 fully saturated rings. The number of hydrogen-bond acceptors (Lipinski definition) is 7. The Balaban J connectivity index is 1.21. The molecule has 0 aromatic heterocycles. The van der Waals surface area contributed by atoms with Crippen molar-refractivity contribution in [2.24, 2.45) is 5.10 Å². The maximum Gasteiger partial charge on any atom is 0.271 e. The lowest BCUT2D eigenvalue weighted by Crippen LogP contribution is -2.17. The van der Waals surface area contributed by atoms with Crippen molar-refractivity contribution in [2.45, 2.75) is 26.7 Å². The fraction of sp³-hybridized carbons (Fsp3) is 0.158. The van der Waals surface area contributed by atoms with E-state index in [0.29, 0.717) is 64.7 Å². The number of ether oxygens (including phenoxy) is 5. The molecule has 1 amide bonds. The van der Waals surface area contributed by atoms with Gasteiger partial charge in [-0.2, -0.15) is 5.10 Å². The molecule has 0 aliphatic rings. The molecular weight excluding hydrogens is 616 g/mol. The van der Waals surface area contributed by atoms with Gasteiger partial charge in [-0.25, -0.2) is 5.43 Å². The van der Waals surface area contributed by atoms with Crippen molar-refractivity contribution in [1.29, 1.82) is 0 Å². The lowest BCUT2D eigenvalue weighted by atomic mass is 10.2. The average Bonchev–Trinajstić information content (AvgIpc) is 3.11. The van der Waals surface area contributed by atoms with E-state index in [0.717, 1.165) is 16.7 Å². The molecule has 0 aliphatic heterocycles. The molecule has 0 atom stereocenters. The highest BCUT2D eigenvalue weighted by molar-refractivity contribution is 6.30. The lowest BCUT2D eigenvalue weighted by molar-refractivity contribution is 0.0954. The Kier molecular flexibility index (Phi) is 11.7. The molecule has 0 unspecified atom stereocenters. The van der Waals surface area contributed by atoms with Gasteiger partial charge in [-0.3, -0.25) is 4.79 Å². The number of halogens is 1. The summed E-state index contributed by atoms with van der Waals surface area (Å²) >= 11 is 6.27. The Bertz CT molecular complexity index is 1800.